The number of aromatic nitrogens is 2. The van der Waals surface area contributed by atoms with E-state index in [4.69, 9.17) is 9.26 Å². The van der Waals surface area contributed by atoms with Crippen LogP contribution in [0.1, 0.15) is 28.9 Å². The van der Waals surface area contributed by atoms with Gasteiger partial charge in [-0.2, -0.15) is 0 Å². The molecule has 128 valence electrons. The molecule has 1 N–H and O–H groups in total. The standard InChI is InChI=1S/C19H19N3O3/c1-12-17-15(18(23)20-11-14-8-5-9-24-14)10-16(21-19(17)25-22-12)13-6-3-2-4-7-13/h2-4,6-7,10,14H,5,8-9,11H2,1H3,(H,20,23)/t14-/m1/s1. The van der Waals surface area contributed by atoms with Gasteiger partial charge in [-0.3, -0.25) is 4.79 Å². The van der Waals surface area contributed by atoms with E-state index in [1.165, 1.54) is 0 Å². The lowest BCUT2D eigenvalue weighted by Gasteiger charge is -2.12. The van der Waals surface area contributed by atoms with Crippen molar-refractivity contribution in [3.63, 3.8) is 0 Å². The van der Waals surface area contributed by atoms with E-state index in [1.54, 1.807) is 6.07 Å². The van der Waals surface area contributed by atoms with Crippen LogP contribution in [0.2, 0.25) is 0 Å². The maximum Gasteiger partial charge on any atom is 0.259 e. The van der Waals surface area contributed by atoms with E-state index in [2.05, 4.69) is 15.5 Å². The van der Waals surface area contributed by atoms with Crippen LogP contribution >= 0.6 is 0 Å². The Morgan fingerprint density at radius 2 is 2.16 bits per heavy atom. The number of fused-ring (bicyclic) bond motifs is 1. The molecule has 6 heteroatoms. The summed E-state index contributed by atoms with van der Waals surface area (Å²) in [5.41, 5.74) is 3.17. The summed E-state index contributed by atoms with van der Waals surface area (Å²) in [6, 6.07) is 11.5. The summed E-state index contributed by atoms with van der Waals surface area (Å²) in [5, 5.41) is 7.59. The summed E-state index contributed by atoms with van der Waals surface area (Å²) < 4.78 is 10.9. The van der Waals surface area contributed by atoms with E-state index in [0.29, 0.717) is 34.6 Å². The van der Waals surface area contributed by atoms with Crippen LogP contribution in [-0.4, -0.2) is 35.3 Å². The fraction of sp³-hybridized carbons (Fsp3) is 0.316. The monoisotopic (exact) mass is 337 g/mol. The number of hydrogen-bond acceptors (Lipinski definition) is 5. The van der Waals surface area contributed by atoms with Gasteiger partial charge in [0.1, 0.15) is 0 Å². The number of benzene rings is 1. The zero-order chi connectivity index (χ0) is 17.2. The first-order chi connectivity index (χ1) is 12.2. The van der Waals surface area contributed by atoms with Gasteiger partial charge in [0.05, 0.1) is 28.4 Å². The first kappa shape index (κ1) is 15.8. The average molecular weight is 337 g/mol. The molecule has 1 fully saturated rings. The highest BCUT2D eigenvalue weighted by atomic mass is 16.5. The quantitative estimate of drug-likeness (QED) is 0.791. The highest BCUT2D eigenvalue weighted by Gasteiger charge is 2.21. The van der Waals surface area contributed by atoms with Crippen LogP contribution in [0.4, 0.5) is 0 Å². The molecule has 3 aromatic rings. The van der Waals surface area contributed by atoms with Crippen molar-refractivity contribution >= 4 is 17.0 Å². The summed E-state index contributed by atoms with van der Waals surface area (Å²) in [6.45, 7) is 3.09. The molecular weight excluding hydrogens is 318 g/mol. The van der Waals surface area contributed by atoms with Gasteiger partial charge in [-0.15, -0.1) is 0 Å². The summed E-state index contributed by atoms with van der Waals surface area (Å²) in [5.74, 6) is -0.161. The molecule has 0 radical (unpaired) electrons. The van der Waals surface area contributed by atoms with Crippen molar-refractivity contribution in [2.45, 2.75) is 25.9 Å². The van der Waals surface area contributed by atoms with Crippen LogP contribution in [0.15, 0.2) is 40.9 Å². The van der Waals surface area contributed by atoms with Gasteiger partial charge < -0.3 is 14.6 Å². The fourth-order valence-corrected chi connectivity index (χ4v) is 3.14. The fourth-order valence-electron chi connectivity index (χ4n) is 3.14. The number of hydrogen-bond donors (Lipinski definition) is 1. The number of carbonyl (C=O) groups excluding carboxylic acids is 1. The third-order valence-electron chi connectivity index (χ3n) is 4.45. The van der Waals surface area contributed by atoms with E-state index >= 15 is 0 Å². The van der Waals surface area contributed by atoms with Crippen LogP contribution in [0.25, 0.3) is 22.4 Å². The predicted octanol–water partition coefficient (Wildman–Crippen LogP) is 3.11. The van der Waals surface area contributed by atoms with Gasteiger partial charge >= 0.3 is 0 Å². The van der Waals surface area contributed by atoms with Crippen molar-refractivity contribution in [3.05, 3.63) is 47.7 Å². The Kier molecular flexibility index (Phi) is 4.19. The molecule has 1 saturated heterocycles. The molecule has 0 unspecified atom stereocenters. The molecule has 0 bridgehead atoms. The van der Waals surface area contributed by atoms with Gasteiger partial charge in [0.15, 0.2) is 0 Å². The Bertz CT molecular complexity index is 899. The van der Waals surface area contributed by atoms with Gasteiger partial charge in [0, 0.05) is 18.7 Å². The number of aryl methyl sites for hydroxylation is 1. The van der Waals surface area contributed by atoms with Gasteiger partial charge in [-0.1, -0.05) is 35.5 Å². The molecule has 1 aromatic carbocycles. The second-order valence-corrected chi connectivity index (χ2v) is 6.21. The number of ether oxygens (including phenoxy) is 1. The minimum Gasteiger partial charge on any atom is -0.376 e. The summed E-state index contributed by atoms with van der Waals surface area (Å²) in [4.78, 5) is 17.3. The maximum absolute atomic E-state index is 12.8. The van der Waals surface area contributed by atoms with Crippen molar-refractivity contribution in [3.8, 4) is 11.3 Å². The lowest BCUT2D eigenvalue weighted by molar-refractivity contribution is 0.0859. The van der Waals surface area contributed by atoms with Crippen LogP contribution in [0, 0.1) is 6.92 Å². The zero-order valence-electron chi connectivity index (χ0n) is 14.0. The van der Waals surface area contributed by atoms with Crippen LogP contribution in [0.5, 0.6) is 0 Å². The van der Waals surface area contributed by atoms with Gasteiger partial charge in [-0.05, 0) is 25.8 Å². The highest BCUT2D eigenvalue weighted by molar-refractivity contribution is 6.07. The third kappa shape index (κ3) is 3.13. The molecule has 0 spiro atoms. The Labute approximate surface area is 145 Å². The second-order valence-electron chi connectivity index (χ2n) is 6.21. The average Bonchev–Trinajstić information content (AvgIpc) is 3.30. The Hall–Kier alpha value is -2.73. The summed E-state index contributed by atoms with van der Waals surface area (Å²) in [7, 11) is 0. The molecule has 4 rings (SSSR count). The maximum atomic E-state index is 12.8. The van der Waals surface area contributed by atoms with Gasteiger partial charge in [0.25, 0.3) is 11.6 Å². The van der Waals surface area contributed by atoms with E-state index < -0.39 is 0 Å². The van der Waals surface area contributed by atoms with E-state index in [0.717, 1.165) is 25.0 Å². The number of nitrogens with zero attached hydrogens (tertiary/aromatic N) is 2. The van der Waals surface area contributed by atoms with Crippen molar-refractivity contribution in [2.24, 2.45) is 0 Å². The summed E-state index contributed by atoms with van der Waals surface area (Å²) in [6.07, 6.45) is 2.12. The first-order valence-electron chi connectivity index (χ1n) is 8.44. The Morgan fingerprint density at radius 1 is 1.32 bits per heavy atom. The zero-order valence-corrected chi connectivity index (χ0v) is 14.0. The molecule has 1 atom stereocenters. The molecule has 1 aliphatic rings. The molecule has 2 aromatic heterocycles. The SMILES string of the molecule is Cc1noc2nc(-c3ccccc3)cc(C(=O)NC[C@H]3CCCO3)c12. The van der Waals surface area contributed by atoms with Crippen molar-refractivity contribution in [1.29, 1.82) is 0 Å². The number of carbonyl (C=O) groups is 1. The highest BCUT2D eigenvalue weighted by Crippen LogP contribution is 2.27. The van der Waals surface area contributed by atoms with Crippen LogP contribution in [-0.2, 0) is 4.74 Å². The largest absolute Gasteiger partial charge is 0.376 e. The number of pyridine rings is 1. The first-order valence-corrected chi connectivity index (χ1v) is 8.44. The van der Waals surface area contributed by atoms with Gasteiger partial charge in [-0.25, -0.2) is 4.98 Å². The van der Waals surface area contributed by atoms with E-state index in [1.807, 2.05) is 37.3 Å². The van der Waals surface area contributed by atoms with Crippen LogP contribution < -0.4 is 5.32 Å². The van der Waals surface area contributed by atoms with Gasteiger partial charge in [0.2, 0.25) is 0 Å². The molecular formula is C19H19N3O3. The number of amides is 1. The summed E-state index contributed by atoms with van der Waals surface area (Å²) >= 11 is 0. The lowest BCUT2D eigenvalue weighted by atomic mass is 10.1. The molecule has 1 aliphatic heterocycles. The minimum atomic E-state index is -0.161. The Balaban J connectivity index is 1.70. The number of rotatable bonds is 4. The molecule has 6 nitrogen and oxygen atoms in total. The normalized spacial score (nSPS) is 17.1. The Morgan fingerprint density at radius 3 is 2.92 bits per heavy atom. The number of nitrogens with one attached hydrogen (secondary N) is 1. The van der Waals surface area contributed by atoms with Crippen molar-refractivity contribution in [2.75, 3.05) is 13.2 Å². The third-order valence-corrected chi connectivity index (χ3v) is 4.45. The minimum absolute atomic E-state index is 0.0958. The molecule has 1 amide bonds. The second kappa shape index (κ2) is 6.64. The van der Waals surface area contributed by atoms with E-state index in [-0.39, 0.29) is 12.0 Å². The lowest BCUT2D eigenvalue weighted by Crippen LogP contribution is -2.32. The molecule has 0 saturated carbocycles. The molecule has 25 heavy (non-hydrogen) atoms. The topological polar surface area (TPSA) is 77.2 Å². The predicted molar refractivity (Wildman–Crippen MR) is 93.3 cm³/mol. The van der Waals surface area contributed by atoms with E-state index in [9.17, 15) is 4.79 Å². The van der Waals surface area contributed by atoms with Crippen molar-refractivity contribution in [1.82, 2.24) is 15.5 Å². The smallest absolute Gasteiger partial charge is 0.259 e. The van der Waals surface area contributed by atoms with Crippen LogP contribution in [0.3, 0.4) is 0 Å². The molecule has 3 heterocycles. The molecule has 0 aliphatic carbocycles. The van der Waals surface area contributed by atoms with Crippen molar-refractivity contribution < 1.29 is 14.1 Å².